The average Bonchev–Trinajstić information content (AvgIpc) is 2.21. The number of hydrogen-bond acceptors (Lipinski definition) is 4. The van der Waals surface area contributed by atoms with Crippen LogP contribution in [0.15, 0.2) is 18.2 Å². The lowest BCUT2D eigenvalue weighted by molar-refractivity contribution is 0.146. The van der Waals surface area contributed by atoms with Gasteiger partial charge in [0.05, 0.1) is 12.2 Å². The second-order valence-electron chi connectivity index (χ2n) is 2.70. The zero-order valence-corrected chi connectivity index (χ0v) is 7.99. The molecular weight excluding hydrogens is 180 g/mol. The molecule has 0 spiro atoms. The summed E-state index contributed by atoms with van der Waals surface area (Å²) in [4.78, 5) is 0. The normalized spacial score (nSPS) is 9.43. The Morgan fingerprint density at radius 3 is 2.86 bits per heavy atom. The lowest BCUT2D eigenvalue weighted by Crippen LogP contribution is -2.04. The van der Waals surface area contributed by atoms with Crippen molar-refractivity contribution >= 4 is 5.69 Å². The van der Waals surface area contributed by atoms with Crippen LogP contribution in [0.2, 0.25) is 0 Å². The molecule has 1 aromatic carbocycles. The monoisotopic (exact) mass is 192 g/mol. The van der Waals surface area contributed by atoms with Crippen LogP contribution in [0, 0.1) is 11.3 Å². The summed E-state index contributed by atoms with van der Waals surface area (Å²) in [5.41, 5.74) is 6.45. The molecule has 14 heavy (non-hydrogen) atoms. The third-order valence-corrected chi connectivity index (χ3v) is 1.70. The highest BCUT2D eigenvalue weighted by Crippen LogP contribution is 2.18. The van der Waals surface area contributed by atoms with Gasteiger partial charge in [-0.05, 0) is 18.2 Å². The number of ether oxygens (including phenoxy) is 2. The Kier molecular flexibility index (Phi) is 3.77. The molecule has 0 bridgehead atoms. The molecule has 0 fully saturated rings. The van der Waals surface area contributed by atoms with Gasteiger partial charge in [-0.25, -0.2) is 0 Å². The van der Waals surface area contributed by atoms with Crippen LogP contribution in [0.4, 0.5) is 5.69 Å². The fraction of sp³-hybridized carbons (Fsp3) is 0.300. The van der Waals surface area contributed by atoms with Gasteiger partial charge in [-0.2, -0.15) is 5.26 Å². The van der Waals surface area contributed by atoms with Crippen molar-refractivity contribution in [1.82, 2.24) is 0 Å². The van der Waals surface area contributed by atoms with Crippen LogP contribution in [0.5, 0.6) is 5.75 Å². The molecule has 4 heteroatoms. The van der Waals surface area contributed by atoms with Crippen LogP contribution >= 0.6 is 0 Å². The largest absolute Gasteiger partial charge is 0.491 e. The number of hydrogen-bond donors (Lipinski definition) is 1. The second-order valence-corrected chi connectivity index (χ2v) is 2.70. The van der Waals surface area contributed by atoms with E-state index in [9.17, 15) is 0 Å². The summed E-state index contributed by atoms with van der Waals surface area (Å²) in [5, 5.41) is 8.70. The first-order valence-electron chi connectivity index (χ1n) is 4.19. The SMILES string of the molecule is COCCOc1ccc(N)c(C#N)c1. The van der Waals surface area contributed by atoms with Gasteiger partial charge in [0.25, 0.3) is 0 Å². The van der Waals surface area contributed by atoms with E-state index >= 15 is 0 Å². The average molecular weight is 192 g/mol. The van der Waals surface area contributed by atoms with Gasteiger partial charge in [0.1, 0.15) is 18.4 Å². The maximum Gasteiger partial charge on any atom is 0.120 e. The summed E-state index contributed by atoms with van der Waals surface area (Å²) < 4.78 is 10.1. The Hall–Kier alpha value is -1.73. The van der Waals surface area contributed by atoms with Crippen LogP contribution in [-0.2, 0) is 4.74 Å². The Morgan fingerprint density at radius 1 is 1.43 bits per heavy atom. The molecule has 0 aliphatic heterocycles. The molecule has 0 aromatic heterocycles. The van der Waals surface area contributed by atoms with Crippen molar-refractivity contribution in [2.75, 3.05) is 26.1 Å². The number of anilines is 1. The molecule has 0 aliphatic rings. The number of nitrogens with zero attached hydrogens (tertiary/aromatic N) is 1. The van der Waals surface area contributed by atoms with E-state index in [2.05, 4.69) is 0 Å². The van der Waals surface area contributed by atoms with Crippen LogP contribution in [0.1, 0.15) is 5.56 Å². The topological polar surface area (TPSA) is 68.3 Å². The van der Waals surface area contributed by atoms with Crippen molar-refractivity contribution in [2.24, 2.45) is 0 Å². The Labute approximate surface area is 82.9 Å². The van der Waals surface area contributed by atoms with Gasteiger partial charge in [-0.15, -0.1) is 0 Å². The van der Waals surface area contributed by atoms with Crippen molar-refractivity contribution in [1.29, 1.82) is 5.26 Å². The third-order valence-electron chi connectivity index (χ3n) is 1.70. The molecule has 0 atom stereocenters. The van der Waals surface area contributed by atoms with E-state index in [0.717, 1.165) is 0 Å². The molecule has 0 amide bonds. The van der Waals surface area contributed by atoms with E-state index < -0.39 is 0 Å². The number of nitrogens with two attached hydrogens (primary N) is 1. The van der Waals surface area contributed by atoms with Crippen molar-refractivity contribution in [3.63, 3.8) is 0 Å². The Bertz CT molecular complexity index is 344. The predicted octanol–water partition coefficient (Wildman–Crippen LogP) is 1.17. The van der Waals surface area contributed by atoms with Crippen LogP contribution in [-0.4, -0.2) is 20.3 Å². The molecular formula is C10H12N2O2. The van der Waals surface area contributed by atoms with Gasteiger partial charge in [0.2, 0.25) is 0 Å². The van der Waals surface area contributed by atoms with Gasteiger partial charge in [-0.3, -0.25) is 0 Å². The quantitative estimate of drug-likeness (QED) is 0.574. The first kappa shape index (κ1) is 10.4. The third kappa shape index (κ3) is 2.64. The molecule has 1 aromatic rings. The molecule has 2 N–H and O–H groups in total. The van der Waals surface area contributed by atoms with Gasteiger partial charge in [-0.1, -0.05) is 0 Å². The zero-order valence-electron chi connectivity index (χ0n) is 7.99. The molecule has 4 nitrogen and oxygen atoms in total. The minimum atomic E-state index is 0.430. The highest BCUT2D eigenvalue weighted by atomic mass is 16.5. The number of nitriles is 1. The molecule has 0 saturated heterocycles. The number of rotatable bonds is 4. The predicted molar refractivity (Wildman–Crippen MR) is 52.9 cm³/mol. The smallest absolute Gasteiger partial charge is 0.120 e. The van der Waals surface area contributed by atoms with Crippen molar-refractivity contribution in [2.45, 2.75) is 0 Å². The highest BCUT2D eigenvalue weighted by molar-refractivity contribution is 5.56. The van der Waals surface area contributed by atoms with Crippen LogP contribution in [0.3, 0.4) is 0 Å². The van der Waals surface area contributed by atoms with E-state index in [1.807, 2.05) is 6.07 Å². The molecule has 0 radical (unpaired) electrons. The standard InChI is InChI=1S/C10H12N2O2/c1-13-4-5-14-9-2-3-10(12)8(6-9)7-11/h2-3,6H,4-5,12H2,1H3. The summed E-state index contributed by atoms with van der Waals surface area (Å²) >= 11 is 0. The molecule has 0 saturated carbocycles. The minimum absolute atomic E-state index is 0.430. The van der Waals surface area contributed by atoms with Crippen LogP contribution in [0.25, 0.3) is 0 Å². The van der Waals surface area contributed by atoms with Crippen molar-refractivity contribution < 1.29 is 9.47 Å². The molecule has 0 heterocycles. The summed E-state index contributed by atoms with van der Waals surface area (Å²) in [7, 11) is 1.60. The van der Waals surface area contributed by atoms with Crippen LogP contribution < -0.4 is 10.5 Å². The van der Waals surface area contributed by atoms with Gasteiger partial charge < -0.3 is 15.2 Å². The maximum absolute atomic E-state index is 8.70. The van der Waals surface area contributed by atoms with Gasteiger partial charge >= 0.3 is 0 Å². The number of benzene rings is 1. The lowest BCUT2D eigenvalue weighted by Gasteiger charge is -2.06. The summed E-state index contributed by atoms with van der Waals surface area (Å²) in [5.74, 6) is 0.632. The molecule has 1 rings (SSSR count). The fourth-order valence-corrected chi connectivity index (χ4v) is 0.965. The molecule has 0 unspecified atom stereocenters. The fourth-order valence-electron chi connectivity index (χ4n) is 0.965. The van der Waals surface area contributed by atoms with Gasteiger partial charge in [0, 0.05) is 12.8 Å². The summed E-state index contributed by atoms with van der Waals surface area (Å²) in [6, 6.07) is 6.99. The van der Waals surface area contributed by atoms with E-state index in [-0.39, 0.29) is 0 Å². The van der Waals surface area contributed by atoms with E-state index in [1.165, 1.54) is 0 Å². The van der Waals surface area contributed by atoms with Crippen molar-refractivity contribution in [3.05, 3.63) is 23.8 Å². The summed E-state index contributed by atoms with van der Waals surface area (Å²) in [6.07, 6.45) is 0. The molecule has 0 aliphatic carbocycles. The summed E-state index contributed by atoms with van der Waals surface area (Å²) in [6.45, 7) is 0.984. The minimum Gasteiger partial charge on any atom is -0.491 e. The lowest BCUT2D eigenvalue weighted by atomic mass is 10.2. The highest BCUT2D eigenvalue weighted by Gasteiger charge is 2.00. The van der Waals surface area contributed by atoms with E-state index in [0.29, 0.717) is 30.2 Å². The Morgan fingerprint density at radius 2 is 2.21 bits per heavy atom. The molecule has 74 valence electrons. The number of nitrogen functional groups attached to an aromatic ring is 1. The van der Waals surface area contributed by atoms with E-state index in [1.54, 1.807) is 25.3 Å². The Balaban J connectivity index is 2.66. The second kappa shape index (κ2) is 5.10. The first-order chi connectivity index (χ1) is 6.77. The van der Waals surface area contributed by atoms with E-state index in [4.69, 9.17) is 20.5 Å². The maximum atomic E-state index is 8.70. The van der Waals surface area contributed by atoms with Crippen molar-refractivity contribution in [3.8, 4) is 11.8 Å². The zero-order chi connectivity index (χ0) is 10.4. The number of methoxy groups -OCH3 is 1. The first-order valence-corrected chi connectivity index (χ1v) is 4.19. The van der Waals surface area contributed by atoms with Gasteiger partial charge in [0.15, 0.2) is 0 Å².